The van der Waals surface area contributed by atoms with Crippen molar-refractivity contribution >= 4 is 23.2 Å². The van der Waals surface area contributed by atoms with E-state index in [4.69, 9.17) is 0 Å². The van der Waals surface area contributed by atoms with Gasteiger partial charge in [0.25, 0.3) is 0 Å². The second-order valence-electron chi connectivity index (χ2n) is 5.97. The second kappa shape index (κ2) is 9.62. The van der Waals surface area contributed by atoms with E-state index < -0.39 is 0 Å². The highest BCUT2D eigenvalue weighted by molar-refractivity contribution is 5.93. The fourth-order valence-electron chi connectivity index (χ4n) is 2.74. The van der Waals surface area contributed by atoms with E-state index in [0.717, 1.165) is 35.3 Å². The first-order valence-electron chi connectivity index (χ1n) is 8.89. The molecule has 0 saturated carbocycles. The number of anilines is 2. The molecule has 25 heavy (non-hydrogen) atoms. The van der Waals surface area contributed by atoms with E-state index in [1.165, 1.54) is 0 Å². The van der Waals surface area contributed by atoms with Crippen LogP contribution < -0.4 is 10.6 Å². The van der Waals surface area contributed by atoms with Gasteiger partial charge >= 0.3 is 0 Å². The number of aryl methyl sites for hydroxylation is 2. The zero-order chi connectivity index (χ0) is 18.1. The van der Waals surface area contributed by atoms with Crippen molar-refractivity contribution < 1.29 is 9.59 Å². The molecule has 0 unspecified atom stereocenters. The van der Waals surface area contributed by atoms with E-state index in [1.54, 1.807) is 0 Å². The summed E-state index contributed by atoms with van der Waals surface area (Å²) in [7, 11) is 0. The summed E-state index contributed by atoms with van der Waals surface area (Å²) >= 11 is 0. The Morgan fingerprint density at radius 1 is 0.720 bits per heavy atom. The molecule has 2 N–H and O–H groups in total. The van der Waals surface area contributed by atoms with Crippen LogP contribution in [0.25, 0.3) is 0 Å². The molecular weight excluding hydrogens is 312 g/mol. The van der Waals surface area contributed by atoms with Gasteiger partial charge in [-0.3, -0.25) is 9.59 Å². The third-order valence-electron chi connectivity index (χ3n) is 4.15. The molecule has 0 aromatic heterocycles. The largest absolute Gasteiger partial charge is 0.326 e. The molecule has 0 aliphatic heterocycles. The number of hydrogen-bond donors (Lipinski definition) is 2. The minimum absolute atomic E-state index is 0.0531. The van der Waals surface area contributed by atoms with Crippen LogP contribution in [0.4, 0.5) is 11.4 Å². The normalized spacial score (nSPS) is 10.3. The van der Waals surface area contributed by atoms with E-state index in [1.807, 2.05) is 48.5 Å². The maximum atomic E-state index is 12.1. The number of amides is 2. The highest BCUT2D eigenvalue weighted by Gasteiger charge is 2.09. The van der Waals surface area contributed by atoms with Gasteiger partial charge in [-0.05, 0) is 42.5 Å². The predicted molar refractivity (Wildman–Crippen MR) is 103 cm³/mol. The van der Waals surface area contributed by atoms with Crippen molar-refractivity contribution in [3.8, 4) is 0 Å². The van der Waals surface area contributed by atoms with Gasteiger partial charge in [-0.1, -0.05) is 50.2 Å². The predicted octanol–water partition coefficient (Wildman–Crippen LogP) is 4.56. The summed E-state index contributed by atoms with van der Waals surface area (Å²) in [4.78, 5) is 24.2. The molecule has 0 aliphatic carbocycles. The fraction of sp³-hybridized carbons (Fsp3) is 0.333. The zero-order valence-corrected chi connectivity index (χ0v) is 15.0. The highest BCUT2D eigenvalue weighted by atomic mass is 16.2. The molecular formula is C21H26N2O2. The van der Waals surface area contributed by atoms with E-state index in [2.05, 4.69) is 24.5 Å². The van der Waals surface area contributed by atoms with Crippen LogP contribution in [0, 0.1) is 0 Å². The second-order valence-corrected chi connectivity index (χ2v) is 5.97. The van der Waals surface area contributed by atoms with Crippen molar-refractivity contribution in [1.29, 1.82) is 0 Å². The monoisotopic (exact) mass is 338 g/mol. The number of rotatable bonds is 8. The summed E-state index contributed by atoms with van der Waals surface area (Å²) in [6.07, 6.45) is 2.94. The van der Waals surface area contributed by atoms with Crippen LogP contribution in [0.15, 0.2) is 48.5 Å². The Hall–Kier alpha value is -2.62. The van der Waals surface area contributed by atoms with Crippen molar-refractivity contribution in [2.75, 3.05) is 10.6 Å². The van der Waals surface area contributed by atoms with Crippen molar-refractivity contribution in [3.63, 3.8) is 0 Å². The van der Waals surface area contributed by atoms with Gasteiger partial charge in [0.1, 0.15) is 0 Å². The molecule has 0 radical (unpaired) electrons. The van der Waals surface area contributed by atoms with Crippen molar-refractivity contribution in [3.05, 3.63) is 59.7 Å². The molecule has 2 amide bonds. The summed E-state index contributed by atoms with van der Waals surface area (Å²) in [5.41, 5.74) is 3.95. The topological polar surface area (TPSA) is 58.2 Å². The van der Waals surface area contributed by atoms with Gasteiger partial charge in [0, 0.05) is 24.2 Å². The Balaban J connectivity index is 1.78. The van der Waals surface area contributed by atoms with Gasteiger partial charge in [0.15, 0.2) is 0 Å². The Morgan fingerprint density at radius 2 is 1.12 bits per heavy atom. The number of nitrogens with one attached hydrogen (secondary N) is 2. The van der Waals surface area contributed by atoms with E-state index in [9.17, 15) is 9.59 Å². The maximum absolute atomic E-state index is 12.1. The molecule has 0 spiro atoms. The van der Waals surface area contributed by atoms with Crippen molar-refractivity contribution in [1.82, 2.24) is 0 Å². The lowest BCUT2D eigenvalue weighted by molar-refractivity contribution is -0.117. The average molecular weight is 338 g/mol. The van der Waals surface area contributed by atoms with Crippen LogP contribution >= 0.6 is 0 Å². The molecule has 0 heterocycles. The standard InChI is InChI=1S/C21H26N2O2/c1-3-16-10-5-7-12-18(16)22-20(24)14-9-15-21(25)23-19-13-8-6-11-17(19)4-2/h5-8,10-13H,3-4,9,14-15H2,1-2H3,(H,22,24)(H,23,25). The first kappa shape index (κ1) is 18.7. The number of carbonyl (C=O) groups excluding carboxylic acids is 2. The average Bonchev–Trinajstić information content (AvgIpc) is 2.62. The van der Waals surface area contributed by atoms with Gasteiger partial charge in [-0.15, -0.1) is 0 Å². The zero-order valence-electron chi connectivity index (χ0n) is 15.0. The fourth-order valence-corrected chi connectivity index (χ4v) is 2.74. The Morgan fingerprint density at radius 3 is 1.52 bits per heavy atom. The molecule has 0 bridgehead atoms. The summed E-state index contributed by atoms with van der Waals surface area (Å²) in [5, 5.41) is 5.86. The summed E-state index contributed by atoms with van der Waals surface area (Å²) in [6, 6.07) is 15.6. The maximum Gasteiger partial charge on any atom is 0.224 e. The van der Waals surface area contributed by atoms with Gasteiger partial charge in [0.2, 0.25) is 11.8 Å². The smallest absolute Gasteiger partial charge is 0.224 e. The van der Waals surface area contributed by atoms with Gasteiger partial charge in [0.05, 0.1) is 0 Å². The van der Waals surface area contributed by atoms with Crippen LogP contribution in [-0.4, -0.2) is 11.8 Å². The van der Waals surface area contributed by atoms with Crippen molar-refractivity contribution in [2.24, 2.45) is 0 Å². The molecule has 0 fully saturated rings. The van der Waals surface area contributed by atoms with Gasteiger partial charge < -0.3 is 10.6 Å². The number of para-hydroxylation sites is 2. The summed E-state index contributed by atoms with van der Waals surface area (Å²) < 4.78 is 0. The SMILES string of the molecule is CCc1ccccc1NC(=O)CCCC(=O)Nc1ccccc1CC. The molecule has 132 valence electrons. The van der Waals surface area contributed by atoms with Crippen molar-refractivity contribution in [2.45, 2.75) is 46.0 Å². The minimum Gasteiger partial charge on any atom is -0.326 e. The minimum atomic E-state index is -0.0531. The highest BCUT2D eigenvalue weighted by Crippen LogP contribution is 2.17. The molecule has 2 aromatic carbocycles. The molecule has 0 aliphatic rings. The van der Waals surface area contributed by atoms with Crippen LogP contribution in [0.5, 0.6) is 0 Å². The summed E-state index contributed by atoms with van der Waals surface area (Å²) in [5.74, 6) is -0.106. The van der Waals surface area contributed by atoms with E-state index >= 15 is 0 Å². The third-order valence-corrected chi connectivity index (χ3v) is 4.15. The quantitative estimate of drug-likeness (QED) is 0.741. The Labute approximate surface area is 149 Å². The molecule has 4 heteroatoms. The Bertz CT molecular complexity index is 664. The van der Waals surface area contributed by atoms with E-state index in [-0.39, 0.29) is 11.8 Å². The molecule has 2 aromatic rings. The van der Waals surface area contributed by atoms with Gasteiger partial charge in [-0.2, -0.15) is 0 Å². The lowest BCUT2D eigenvalue weighted by Crippen LogP contribution is -2.16. The number of hydrogen-bond acceptors (Lipinski definition) is 2. The summed E-state index contributed by atoms with van der Waals surface area (Å²) in [6.45, 7) is 4.12. The molecule has 2 rings (SSSR count). The van der Waals surface area contributed by atoms with Crippen LogP contribution in [0.3, 0.4) is 0 Å². The van der Waals surface area contributed by atoms with E-state index in [0.29, 0.717) is 19.3 Å². The number of carbonyl (C=O) groups is 2. The lowest BCUT2D eigenvalue weighted by Gasteiger charge is -2.11. The lowest BCUT2D eigenvalue weighted by atomic mass is 10.1. The molecule has 0 atom stereocenters. The van der Waals surface area contributed by atoms with Crippen LogP contribution in [-0.2, 0) is 22.4 Å². The first-order chi connectivity index (χ1) is 12.1. The first-order valence-corrected chi connectivity index (χ1v) is 8.89. The van der Waals surface area contributed by atoms with Crippen LogP contribution in [0.1, 0.15) is 44.2 Å². The number of benzene rings is 2. The molecule has 0 saturated heterocycles. The van der Waals surface area contributed by atoms with Crippen LogP contribution in [0.2, 0.25) is 0 Å². The van der Waals surface area contributed by atoms with Gasteiger partial charge in [-0.25, -0.2) is 0 Å². The third kappa shape index (κ3) is 5.75. The Kier molecular flexibility index (Phi) is 7.20. The molecule has 4 nitrogen and oxygen atoms in total.